The predicted octanol–water partition coefficient (Wildman–Crippen LogP) is 0.450. The fraction of sp³-hybridized carbons (Fsp3) is 0.444. The van der Waals surface area contributed by atoms with Gasteiger partial charge in [-0.05, 0) is 0 Å². The number of anilines is 1. The molecular formula is C9H12N2O3. The third kappa shape index (κ3) is 1.72. The number of nitrogens with two attached hydrogens (primary N) is 1. The molecule has 5 heteroatoms. The Balaban J connectivity index is 2.15. The summed E-state index contributed by atoms with van der Waals surface area (Å²) in [6.45, 7) is 0.956. The second-order valence-corrected chi connectivity index (χ2v) is 3.08. The average molecular weight is 196 g/mol. The number of fused-ring (bicyclic) bond motifs is 1. The molecule has 5 nitrogen and oxygen atoms in total. The quantitative estimate of drug-likeness (QED) is 0.743. The summed E-state index contributed by atoms with van der Waals surface area (Å²) in [7, 11) is 1.62. The van der Waals surface area contributed by atoms with Crippen molar-refractivity contribution in [2.45, 2.75) is 6.10 Å². The molecule has 0 saturated heterocycles. The van der Waals surface area contributed by atoms with E-state index < -0.39 is 0 Å². The van der Waals surface area contributed by atoms with Crippen molar-refractivity contribution in [2.24, 2.45) is 0 Å². The van der Waals surface area contributed by atoms with Gasteiger partial charge in [-0.1, -0.05) is 0 Å². The standard InChI is InChI=1S/C9H12N2O3/c1-12-4-7-5-13-8-2-6(10)3-11-9(8)14-7/h2-3,7H,4-5,10H2,1H3. The maximum Gasteiger partial charge on any atom is 0.257 e. The molecule has 1 aromatic rings. The minimum absolute atomic E-state index is 0.0939. The third-order valence-electron chi connectivity index (χ3n) is 1.90. The van der Waals surface area contributed by atoms with Gasteiger partial charge in [-0.3, -0.25) is 0 Å². The molecule has 2 heterocycles. The second kappa shape index (κ2) is 3.71. The molecule has 0 fully saturated rings. The van der Waals surface area contributed by atoms with Gasteiger partial charge in [0.1, 0.15) is 6.61 Å². The van der Waals surface area contributed by atoms with Gasteiger partial charge >= 0.3 is 0 Å². The van der Waals surface area contributed by atoms with Gasteiger partial charge in [0.25, 0.3) is 5.88 Å². The first kappa shape index (κ1) is 9.08. The number of ether oxygens (including phenoxy) is 3. The highest BCUT2D eigenvalue weighted by Crippen LogP contribution is 2.30. The summed E-state index contributed by atoms with van der Waals surface area (Å²) in [5, 5.41) is 0. The van der Waals surface area contributed by atoms with Gasteiger partial charge in [0, 0.05) is 13.2 Å². The Morgan fingerprint density at radius 2 is 2.57 bits per heavy atom. The molecule has 0 aromatic carbocycles. The van der Waals surface area contributed by atoms with E-state index in [0.717, 1.165) is 0 Å². The molecule has 1 atom stereocenters. The number of aromatic nitrogens is 1. The van der Waals surface area contributed by atoms with E-state index in [4.69, 9.17) is 19.9 Å². The molecule has 1 aliphatic heterocycles. The van der Waals surface area contributed by atoms with Crippen LogP contribution in [0.4, 0.5) is 5.69 Å². The normalized spacial score (nSPS) is 19.4. The van der Waals surface area contributed by atoms with Crippen molar-refractivity contribution in [1.29, 1.82) is 0 Å². The Hall–Kier alpha value is -1.49. The van der Waals surface area contributed by atoms with E-state index in [1.807, 2.05) is 0 Å². The van der Waals surface area contributed by atoms with Gasteiger partial charge in [-0.15, -0.1) is 0 Å². The summed E-state index contributed by atoms with van der Waals surface area (Å²) in [6.07, 6.45) is 1.45. The number of rotatable bonds is 2. The van der Waals surface area contributed by atoms with E-state index >= 15 is 0 Å². The monoisotopic (exact) mass is 196 g/mol. The fourth-order valence-corrected chi connectivity index (χ4v) is 1.28. The number of hydrogen-bond donors (Lipinski definition) is 1. The van der Waals surface area contributed by atoms with Crippen molar-refractivity contribution in [2.75, 3.05) is 26.1 Å². The van der Waals surface area contributed by atoms with E-state index in [9.17, 15) is 0 Å². The average Bonchev–Trinajstić information content (AvgIpc) is 2.19. The zero-order chi connectivity index (χ0) is 9.97. The van der Waals surface area contributed by atoms with Gasteiger partial charge in [0.2, 0.25) is 0 Å². The summed E-state index contributed by atoms with van der Waals surface area (Å²) in [4.78, 5) is 4.02. The fourth-order valence-electron chi connectivity index (χ4n) is 1.28. The largest absolute Gasteiger partial charge is 0.484 e. The van der Waals surface area contributed by atoms with Crippen molar-refractivity contribution in [1.82, 2.24) is 4.98 Å². The Labute approximate surface area is 81.8 Å². The Morgan fingerprint density at radius 1 is 1.71 bits per heavy atom. The molecule has 0 saturated carbocycles. The summed E-state index contributed by atoms with van der Waals surface area (Å²) in [5.74, 6) is 1.07. The molecule has 0 spiro atoms. The molecule has 1 aromatic heterocycles. The van der Waals surface area contributed by atoms with Crippen LogP contribution in [0.3, 0.4) is 0 Å². The lowest BCUT2D eigenvalue weighted by Crippen LogP contribution is -2.33. The molecule has 0 amide bonds. The van der Waals surface area contributed by atoms with Crippen molar-refractivity contribution in [3.63, 3.8) is 0 Å². The SMILES string of the molecule is COCC1COc2cc(N)cnc2O1. The lowest BCUT2D eigenvalue weighted by molar-refractivity contribution is 0.0235. The van der Waals surface area contributed by atoms with Crippen LogP contribution in [0.1, 0.15) is 0 Å². The van der Waals surface area contributed by atoms with Crippen molar-refractivity contribution < 1.29 is 14.2 Å². The molecule has 0 radical (unpaired) electrons. The van der Waals surface area contributed by atoms with Crippen LogP contribution in [0, 0.1) is 0 Å². The highest BCUT2D eigenvalue weighted by Gasteiger charge is 2.21. The van der Waals surface area contributed by atoms with Crippen LogP contribution in [0.25, 0.3) is 0 Å². The third-order valence-corrected chi connectivity index (χ3v) is 1.90. The number of pyridine rings is 1. The van der Waals surface area contributed by atoms with E-state index in [1.54, 1.807) is 13.2 Å². The first-order valence-corrected chi connectivity index (χ1v) is 4.33. The van der Waals surface area contributed by atoms with Crippen LogP contribution in [0.2, 0.25) is 0 Å². The van der Waals surface area contributed by atoms with Crippen LogP contribution >= 0.6 is 0 Å². The van der Waals surface area contributed by atoms with Crippen LogP contribution in [-0.4, -0.2) is 31.4 Å². The maximum absolute atomic E-state index is 5.55. The first-order chi connectivity index (χ1) is 6.79. The zero-order valence-corrected chi connectivity index (χ0v) is 7.90. The van der Waals surface area contributed by atoms with Crippen LogP contribution in [0.5, 0.6) is 11.6 Å². The molecule has 76 valence electrons. The molecule has 14 heavy (non-hydrogen) atoms. The number of nitrogen functional groups attached to an aromatic ring is 1. The van der Waals surface area contributed by atoms with E-state index in [2.05, 4.69) is 4.98 Å². The zero-order valence-electron chi connectivity index (χ0n) is 7.90. The molecule has 1 aliphatic rings. The molecule has 2 N–H and O–H groups in total. The summed E-state index contributed by atoms with van der Waals surface area (Å²) >= 11 is 0. The number of methoxy groups -OCH3 is 1. The van der Waals surface area contributed by atoms with E-state index in [0.29, 0.717) is 30.5 Å². The first-order valence-electron chi connectivity index (χ1n) is 4.33. The lowest BCUT2D eigenvalue weighted by atomic mass is 10.3. The summed E-state index contributed by atoms with van der Waals surface area (Å²) < 4.78 is 15.9. The van der Waals surface area contributed by atoms with Crippen molar-refractivity contribution in [3.8, 4) is 11.6 Å². The van der Waals surface area contributed by atoms with Crippen LogP contribution in [-0.2, 0) is 4.74 Å². The number of nitrogens with zero attached hydrogens (tertiary/aromatic N) is 1. The highest BCUT2D eigenvalue weighted by molar-refractivity contribution is 5.47. The molecule has 1 unspecified atom stereocenters. The second-order valence-electron chi connectivity index (χ2n) is 3.08. The smallest absolute Gasteiger partial charge is 0.257 e. The van der Waals surface area contributed by atoms with E-state index in [1.165, 1.54) is 6.20 Å². The topological polar surface area (TPSA) is 66.6 Å². The van der Waals surface area contributed by atoms with Gasteiger partial charge in [0.05, 0.1) is 18.5 Å². The highest BCUT2D eigenvalue weighted by atomic mass is 16.6. The van der Waals surface area contributed by atoms with Crippen LogP contribution in [0.15, 0.2) is 12.3 Å². The minimum Gasteiger partial charge on any atom is -0.484 e. The molecule has 0 aliphatic carbocycles. The predicted molar refractivity (Wildman–Crippen MR) is 50.4 cm³/mol. The van der Waals surface area contributed by atoms with Gasteiger partial charge in [0.15, 0.2) is 11.9 Å². The van der Waals surface area contributed by atoms with E-state index in [-0.39, 0.29) is 6.10 Å². The van der Waals surface area contributed by atoms with Crippen molar-refractivity contribution in [3.05, 3.63) is 12.3 Å². The van der Waals surface area contributed by atoms with Crippen LogP contribution < -0.4 is 15.2 Å². The minimum atomic E-state index is -0.0939. The molecular weight excluding hydrogens is 184 g/mol. The molecule has 0 bridgehead atoms. The Kier molecular flexibility index (Phi) is 2.41. The number of hydrogen-bond acceptors (Lipinski definition) is 5. The lowest BCUT2D eigenvalue weighted by Gasteiger charge is -2.24. The molecule has 2 rings (SSSR count). The summed E-state index contributed by atoms with van der Waals surface area (Å²) in [6, 6.07) is 1.70. The van der Waals surface area contributed by atoms with Gasteiger partial charge in [-0.25, -0.2) is 4.98 Å². The maximum atomic E-state index is 5.55. The summed E-state index contributed by atoms with van der Waals surface area (Å²) in [5.41, 5.74) is 6.12. The van der Waals surface area contributed by atoms with Gasteiger partial charge in [-0.2, -0.15) is 0 Å². The Morgan fingerprint density at radius 3 is 3.36 bits per heavy atom. The van der Waals surface area contributed by atoms with Gasteiger partial charge < -0.3 is 19.9 Å². The Bertz CT molecular complexity index is 330. The van der Waals surface area contributed by atoms with Crippen molar-refractivity contribution >= 4 is 5.69 Å².